The molecule has 1 rings (SSSR count). The second kappa shape index (κ2) is 3.95. The highest BCUT2D eigenvalue weighted by molar-refractivity contribution is 7.90. The van der Waals surface area contributed by atoms with Gasteiger partial charge in [0.2, 0.25) is 0 Å². The van der Waals surface area contributed by atoms with Gasteiger partial charge in [-0.25, -0.2) is 9.44 Å². The van der Waals surface area contributed by atoms with E-state index in [2.05, 4.69) is 0 Å². The first-order chi connectivity index (χ1) is 6.43. The van der Waals surface area contributed by atoms with E-state index in [0.717, 1.165) is 4.31 Å². The molecule has 0 aromatic heterocycles. The van der Waals surface area contributed by atoms with Crippen molar-refractivity contribution in [2.75, 3.05) is 4.31 Å². The smallest absolute Gasteiger partial charge is 0.301 e. The molecule has 0 fully saturated rings. The molecule has 1 unspecified atom stereocenters. The second-order valence-electron chi connectivity index (χ2n) is 2.81. The Labute approximate surface area is 83.0 Å². The van der Waals surface area contributed by atoms with Crippen molar-refractivity contribution in [2.45, 2.75) is 13.2 Å². The number of nitrogens with two attached hydrogens (primary N) is 1. The summed E-state index contributed by atoms with van der Waals surface area (Å²) in [5.74, 6) is 0. The molecule has 6 heteroatoms. The molecule has 1 aromatic rings. The van der Waals surface area contributed by atoms with Crippen molar-refractivity contribution >= 4 is 15.9 Å². The topological polar surface area (TPSA) is 83.6 Å². The van der Waals surface area contributed by atoms with Crippen LogP contribution in [0.2, 0.25) is 0 Å². The third kappa shape index (κ3) is 2.44. The van der Waals surface area contributed by atoms with Crippen molar-refractivity contribution in [1.82, 2.24) is 0 Å². The lowest BCUT2D eigenvalue weighted by atomic mass is 10.3. The van der Waals surface area contributed by atoms with Gasteiger partial charge in [-0.05, 0) is 19.1 Å². The molecule has 78 valence electrons. The number of hydrogen-bond acceptors (Lipinski definition) is 3. The maximum Gasteiger partial charge on any atom is 0.301 e. The summed E-state index contributed by atoms with van der Waals surface area (Å²) in [7, 11) is -3.93. The third-order valence-electron chi connectivity index (χ3n) is 1.62. The average Bonchev–Trinajstić information content (AvgIpc) is 2.02. The van der Waals surface area contributed by atoms with Crippen LogP contribution in [0.1, 0.15) is 6.92 Å². The lowest BCUT2D eigenvalue weighted by Crippen LogP contribution is -2.42. The summed E-state index contributed by atoms with van der Waals surface area (Å²) in [6.45, 7) is 1.33. The summed E-state index contributed by atoms with van der Waals surface area (Å²) in [6.07, 6.45) is -1.19. The minimum Gasteiger partial charge on any atom is -0.373 e. The summed E-state index contributed by atoms with van der Waals surface area (Å²) in [5, 5.41) is 14.2. The summed E-state index contributed by atoms with van der Waals surface area (Å²) >= 11 is 0. The van der Waals surface area contributed by atoms with Gasteiger partial charge in [0, 0.05) is 0 Å². The van der Waals surface area contributed by atoms with Gasteiger partial charge in [-0.15, -0.1) is 0 Å². The van der Waals surface area contributed by atoms with Crippen LogP contribution in [-0.2, 0) is 10.2 Å². The number of nitrogens with zero attached hydrogens (tertiary/aromatic N) is 1. The summed E-state index contributed by atoms with van der Waals surface area (Å²) in [6, 6.07) is 8.17. The number of aliphatic hydroxyl groups is 1. The zero-order valence-electron chi connectivity index (χ0n) is 7.66. The van der Waals surface area contributed by atoms with Crippen LogP contribution in [-0.4, -0.2) is 19.8 Å². The largest absolute Gasteiger partial charge is 0.373 e. The molecule has 0 heterocycles. The predicted molar refractivity (Wildman–Crippen MR) is 53.7 cm³/mol. The number of para-hydroxylation sites is 1. The maximum atomic E-state index is 11.1. The van der Waals surface area contributed by atoms with Crippen LogP contribution >= 0.6 is 0 Å². The van der Waals surface area contributed by atoms with Gasteiger partial charge >= 0.3 is 10.2 Å². The highest BCUT2D eigenvalue weighted by Crippen LogP contribution is 2.17. The lowest BCUT2D eigenvalue weighted by Gasteiger charge is -2.24. The Kier molecular flexibility index (Phi) is 3.10. The Balaban J connectivity index is 3.15. The van der Waals surface area contributed by atoms with Crippen molar-refractivity contribution in [2.24, 2.45) is 5.14 Å². The van der Waals surface area contributed by atoms with Gasteiger partial charge in [-0.3, -0.25) is 0 Å². The van der Waals surface area contributed by atoms with Crippen molar-refractivity contribution in [3.8, 4) is 0 Å². The Hall–Kier alpha value is -1.11. The molecule has 3 N–H and O–H groups in total. The van der Waals surface area contributed by atoms with Gasteiger partial charge in [-0.1, -0.05) is 18.2 Å². The number of hydrogen-bond donors (Lipinski definition) is 2. The standard InChI is InChI=1S/C8H12N2O3S/c1-7(11)10(14(9,12)13)8-5-3-2-4-6-8/h2-7,11H,1H3,(H2,9,12,13). The van der Waals surface area contributed by atoms with Gasteiger partial charge < -0.3 is 5.11 Å². The van der Waals surface area contributed by atoms with Crippen LogP contribution in [0.4, 0.5) is 5.69 Å². The highest BCUT2D eigenvalue weighted by atomic mass is 32.2. The molecule has 1 atom stereocenters. The Morgan fingerprint density at radius 1 is 1.36 bits per heavy atom. The molecular weight excluding hydrogens is 204 g/mol. The summed E-state index contributed by atoms with van der Waals surface area (Å²) in [5.41, 5.74) is 0.338. The van der Waals surface area contributed by atoms with E-state index >= 15 is 0 Å². The molecule has 1 aromatic carbocycles. The molecule has 0 spiro atoms. The third-order valence-corrected chi connectivity index (χ3v) is 2.69. The van der Waals surface area contributed by atoms with E-state index in [4.69, 9.17) is 5.14 Å². The molecule has 0 saturated carbocycles. The first-order valence-electron chi connectivity index (χ1n) is 3.98. The molecule has 0 aliphatic rings. The van der Waals surface area contributed by atoms with Gasteiger partial charge in [-0.2, -0.15) is 8.42 Å². The molecular formula is C8H12N2O3S. The van der Waals surface area contributed by atoms with Crippen LogP contribution in [0.3, 0.4) is 0 Å². The fraction of sp³-hybridized carbons (Fsp3) is 0.250. The van der Waals surface area contributed by atoms with Gasteiger partial charge in [0.25, 0.3) is 0 Å². The monoisotopic (exact) mass is 216 g/mol. The Bertz CT molecular complexity index is 388. The van der Waals surface area contributed by atoms with Gasteiger partial charge in [0.05, 0.1) is 5.69 Å². The Morgan fingerprint density at radius 3 is 2.21 bits per heavy atom. The number of anilines is 1. The molecule has 5 nitrogen and oxygen atoms in total. The molecule has 0 aliphatic heterocycles. The molecule has 0 saturated heterocycles. The average molecular weight is 216 g/mol. The summed E-state index contributed by atoms with van der Waals surface area (Å²) < 4.78 is 23.0. The van der Waals surface area contributed by atoms with E-state index in [0.29, 0.717) is 5.69 Å². The van der Waals surface area contributed by atoms with Crippen LogP contribution in [0.15, 0.2) is 30.3 Å². The normalized spacial score (nSPS) is 13.6. The number of rotatable bonds is 3. The summed E-state index contributed by atoms with van der Waals surface area (Å²) in [4.78, 5) is 0. The fourth-order valence-corrected chi connectivity index (χ4v) is 1.99. The number of benzene rings is 1. The minimum absolute atomic E-state index is 0.338. The van der Waals surface area contributed by atoms with Gasteiger partial charge in [0.15, 0.2) is 0 Å². The van der Waals surface area contributed by atoms with Crippen molar-refractivity contribution in [1.29, 1.82) is 0 Å². The SMILES string of the molecule is CC(O)N(c1ccccc1)S(N)(=O)=O. The fourth-order valence-electron chi connectivity index (χ4n) is 1.15. The van der Waals surface area contributed by atoms with Gasteiger partial charge in [0.1, 0.15) is 6.23 Å². The van der Waals surface area contributed by atoms with E-state index in [1.54, 1.807) is 30.3 Å². The molecule has 0 bridgehead atoms. The van der Waals surface area contributed by atoms with Crippen LogP contribution < -0.4 is 9.44 Å². The predicted octanol–water partition coefficient (Wildman–Crippen LogP) is 0.0348. The highest BCUT2D eigenvalue weighted by Gasteiger charge is 2.21. The van der Waals surface area contributed by atoms with E-state index in [9.17, 15) is 13.5 Å². The van der Waals surface area contributed by atoms with Crippen molar-refractivity contribution < 1.29 is 13.5 Å². The van der Waals surface area contributed by atoms with E-state index in [1.807, 2.05) is 0 Å². The van der Waals surface area contributed by atoms with E-state index in [-0.39, 0.29) is 0 Å². The number of aliphatic hydroxyl groups excluding tert-OH is 1. The van der Waals surface area contributed by atoms with Crippen LogP contribution in [0.5, 0.6) is 0 Å². The molecule has 0 amide bonds. The van der Waals surface area contributed by atoms with Crippen molar-refractivity contribution in [3.05, 3.63) is 30.3 Å². The first-order valence-corrected chi connectivity index (χ1v) is 5.48. The zero-order chi connectivity index (χ0) is 10.8. The molecule has 0 aliphatic carbocycles. The minimum atomic E-state index is -3.93. The second-order valence-corrected chi connectivity index (χ2v) is 4.23. The van der Waals surface area contributed by atoms with Crippen LogP contribution in [0, 0.1) is 0 Å². The van der Waals surface area contributed by atoms with E-state index in [1.165, 1.54) is 6.92 Å². The lowest BCUT2D eigenvalue weighted by molar-refractivity contribution is 0.207. The molecule has 0 radical (unpaired) electrons. The zero-order valence-corrected chi connectivity index (χ0v) is 8.48. The first kappa shape index (κ1) is 11.0. The maximum absolute atomic E-state index is 11.1. The van der Waals surface area contributed by atoms with Crippen LogP contribution in [0.25, 0.3) is 0 Å². The van der Waals surface area contributed by atoms with Crippen molar-refractivity contribution in [3.63, 3.8) is 0 Å². The Morgan fingerprint density at radius 2 is 1.86 bits per heavy atom. The van der Waals surface area contributed by atoms with E-state index < -0.39 is 16.4 Å². The quantitative estimate of drug-likeness (QED) is 0.699. The molecule has 14 heavy (non-hydrogen) atoms.